The number of nitro benzene ring substituents is 1. The number of non-ortho nitro benzene ring substituents is 1. The third-order valence-electron chi connectivity index (χ3n) is 3.79. The number of hydrogen-bond acceptors (Lipinski definition) is 4. The Morgan fingerprint density at radius 3 is 2.79 bits per heavy atom. The summed E-state index contributed by atoms with van der Waals surface area (Å²) in [7, 11) is 0. The van der Waals surface area contributed by atoms with E-state index in [1.165, 1.54) is 31.4 Å². The molecule has 5 nitrogen and oxygen atoms in total. The summed E-state index contributed by atoms with van der Waals surface area (Å²) in [6.45, 7) is 2.20. The van der Waals surface area contributed by atoms with Crippen LogP contribution in [0.25, 0.3) is 0 Å². The van der Waals surface area contributed by atoms with Crippen molar-refractivity contribution in [2.24, 2.45) is 5.92 Å². The minimum Gasteiger partial charge on any atom is -0.381 e. The van der Waals surface area contributed by atoms with Gasteiger partial charge in [-0.1, -0.05) is 19.8 Å². The SMILES string of the molecule is CC1CCCCC1Nc1ccc([N+](=O)[O-])cc1C#N. The van der Waals surface area contributed by atoms with Gasteiger partial charge in [0.05, 0.1) is 16.2 Å². The van der Waals surface area contributed by atoms with Gasteiger partial charge in [-0.3, -0.25) is 10.1 Å². The smallest absolute Gasteiger partial charge is 0.270 e. The van der Waals surface area contributed by atoms with Crippen LogP contribution >= 0.6 is 0 Å². The zero-order valence-corrected chi connectivity index (χ0v) is 10.9. The summed E-state index contributed by atoms with van der Waals surface area (Å²) in [6.07, 6.45) is 4.72. The molecule has 1 aliphatic rings. The molecule has 0 aromatic heterocycles. The Kier molecular flexibility index (Phi) is 4.00. The van der Waals surface area contributed by atoms with E-state index in [0.29, 0.717) is 23.2 Å². The molecule has 2 atom stereocenters. The number of rotatable bonds is 3. The molecule has 1 N–H and O–H groups in total. The molecule has 100 valence electrons. The van der Waals surface area contributed by atoms with Crippen molar-refractivity contribution in [3.8, 4) is 6.07 Å². The molecule has 2 unspecified atom stereocenters. The molecule has 0 bridgehead atoms. The van der Waals surface area contributed by atoms with Crippen LogP contribution in [0.15, 0.2) is 18.2 Å². The lowest BCUT2D eigenvalue weighted by atomic mass is 9.85. The maximum absolute atomic E-state index is 10.7. The summed E-state index contributed by atoms with van der Waals surface area (Å²) in [5.41, 5.74) is 0.998. The second-order valence-corrected chi connectivity index (χ2v) is 5.11. The van der Waals surface area contributed by atoms with Gasteiger partial charge in [-0.05, 0) is 24.8 Å². The Morgan fingerprint density at radius 2 is 2.16 bits per heavy atom. The zero-order valence-electron chi connectivity index (χ0n) is 10.9. The fraction of sp³-hybridized carbons (Fsp3) is 0.500. The maximum Gasteiger partial charge on any atom is 0.270 e. The molecule has 0 heterocycles. The summed E-state index contributed by atoms with van der Waals surface area (Å²) in [5.74, 6) is 0.565. The van der Waals surface area contributed by atoms with Crippen LogP contribution in [-0.4, -0.2) is 11.0 Å². The molecule has 0 spiro atoms. The third kappa shape index (κ3) is 3.02. The molecule has 1 aromatic carbocycles. The first-order valence-electron chi connectivity index (χ1n) is 6.57. The molecule has 0 amide bonds. The monoisotopic (exact) mass is 259 g/mol. The van der Waals surface area contributed by atoms with Crippen molar-refractivity contribution >= 4 is 11.4 Å². The van der Waals surface area contributed by atoms with Gasteiger partial charge in [-0.15, -0.1) is 0 Å². The van der Waals surface area contributed by atoms with Gasteiger partial charge in [0.15, 0.2) is 0 Å². The Balaban J connectivity index is 2.20. The number of nitrogens with zero attached hydrogens (tertiary/aromatic N) is 2. The number of hydrogen-bond donors (Lipinski definition) is 1. The Morgan fingerprint density at radius 1 is 1.42 bits per heavy atom. The highest BCUT2D eigenvalue weighted by atomic mass is 16.6. The van der Waals surface area contributed by atoms with Crippen LogP contribution in [0.5, 0.6) is 0 Å². The molecule has 19 heavy (non-hydrogen) atoms. The molecule has 0 aliphatic heterocycles. The van der Waals surface area contributed by atoms with Gasteiger partial charge in [0.1, 0.15) is 6.07 Å². The van der Waals surface area contributed by atoms with Crippen molar-refractivity contribution in [1.29, 1.82) is 5.26 Å². The first-order valence-corrected chi connectivity index (χ1v) is 6.57. The van der Waals surface area contributed by atoms with Crippen LogP contribution in [0.4, 0.5) is 11.4 Å². The Labute approximate surface area is 112 Å². The van der Waals surface area contributed by atoms with Crippen molar-refractivity contribution in [1.82, 2.24) is 0 Å². The van der Waals surface area contributed by atoms with Crippen LogP contribution in [0, 0.1) is 27.4 Å². The van der Waals surface area contributed by atoms with E-state index in [1.54, 1.807) is 6.07 Å². The summed E-state index contributed by atoms with van der Waals surface area (Å²) >= 11 is 0. The quantitative estimate of drug-likeness (QED) is 0.666. The average molecular weight is 259 g/mol. The lowest BCUT2D eigenvalue weighted by Gasteiger charge is -2.30. The van der Waals surface area contributed by atoms with Gasteiger partial charge in [-0.2, -0.15) is 5.26 Å². The largest absolute Gasteiger partial charge is 0.381 e. The van der Waals surface area contributed by atoms with E-state index in [9.17, 15) is 10.1 Å². The van der Waals surface area contributed by atoms with Gasteiger partial charge in [0.25, 0.3) is 5.69 Å². The number of benzene rings is 1. The first kappa shape index (κ1) is 13.3. The van der Waals surface area contributed by atoms with E-state index in [0.717, 1.165) is 6.42 Å². The van der Waals surface area contributed by atoms with E-state index in [1.807, 2.05) is 6.07 Å². The highest BCUT2D eigenvalue weighted by molar-refractivity contribution is 5.61. The van der Waals surface area contributed by atoms with E-state index in [4.69, 9.17) is 5.26 Å². The van der Waals surface area contributed by atoms with E-state index >= 15 is 0 Å². The van der Waals surface area contributed by atoms with Gasteiger partial charge in [0, 0.05) is 18.2 Å². The van der Waals surface area contributed by atoms with Crippen LogP contribution in [0.2, 0.25) is 0 Å². The molecule has 1 fully saturated rings. The lowest BCUT2D eigenvalue weighted by Crippen LogP contribution is -2.30. The van der Waals surface area contributed by atoms with Crippen molar-refractivity contribution in [2.45, 2.75) is 38.6 Å². The molecular weight excluding hydrogens is 242 g/mol. The Hall–Kier alpha value is -2.09. The number of anilines is 1. The van der Waals surface area contributed by atoms with Crippen LogP contribution in [0.1, 0.15) is 38.2 Å². The second kappa shape index (κ2) is 5.70. The molecular formula is C14H17N3O2. The molecule has 1 aromatic rings. The van der Waals surface area contributed by atoms with Gasteiger partial charge < -0.3 is 5.32 Å². The minimum atomic E-state index is -0.478. The summed E-state index contributed by atoms with van der Waals surface area (Å²) in [5, 5.41) is 23.2. The fourth-order valence-electron chi connectivity index (χ4n) is 2.59. The predicted octanol–water partition coefficient (Wildman–Crippen LogP) is 3.46. The minimum absolute atomic E-state index is 0.0428. The predicted molar refractivity (Wildman–Crippen MR) is 72.9 cm³/mol. The fourth-order valence-corrected chi connectivity index (χ4v) is 2.59. The highest BCUT2D eigenvalue weighted by Gasteiger charge is 2.22. The Bertz CT molecular complexity index is 522. The standard InChI is InChI=1S/C14H17N3O2/c1-10-4-2-3-5-13(10)16-14-7-6-12(17(18)19)8-11(14)9-15/h6-8,10,13,16H,2-5H2,1H3. The van der Waals surface area contributed by atoms with E-state index in [2.05, 4.69) is 12.2 Å². The summed E-state index contributed by atoms with van der Waals surface area (Å²) in [4.78, 5) is 10.2. The van der Waals surface area contributed by atoms with Crippen molar-refractivity contribution in [3.05, 3.63) is 33.9 Å². The zero-order chi connectivity index (χ0) is 13.8. The van der Waals surface area contributed by atoms with Crippen LogP contribution in [0.3, 0.4) is 0 Å². The number of nitriles is 1. The van der Waals surface area contributed by atoms with Crippen LogP contribution in [-0.2, 0) is 0 Å². The normalized spacial score (nSPS) is 22.5. The van der Waals surface area contributed by atoms with Crippen molar-refractivity contribution in [2.75, 3.05) is 5.32 Å². The topological polar surface area (TPSA) is 79.0 Å². The van der Waals surface area contributed by atoms with Crippen LogP contribution < -0.4 is 5.32 Å². The molecule has 5 heteroatoms. The van der Waals surface area contributed by atoms with E-state index < -0.39 is 4.92 Å². The van der Waals surface area contributed by atoms with Gasteiger partial charge >= 0.3 is 0 Å². The molecule has 2 rings (SSSR count). The van der Waals surface area contributed by atoms with E-state index in [-0.39, 0.29) is 5.69 Å². The summed E-state index contributed by atoms with van der Waals surface area (Å²) in [6, 6.07) is 6.78. The average Bonchev–Trinajstić information content (AvgIpc) is 2.41. The lowest BCUT2D eigenvalue weighted by molar-refractivity contribution is -0.384. The maximum atomic E-state index is 10.7. The molecule has 0 saturated heterocycles. The second-order valence-electron chi connectivity index (χ2n) is 5.11. The molecule has 1 saturated carbocycles. The van der Waals surface area contributed by atoms with Crippen molar-refractivity contribution in [3.63, 3.8) is 0 Å². The summed E-state index contributed by atoms with van der Waals surface area (Å²) < 4.78 is 0. The highest BCUT2D eigenvalue weighted by Crippen LogP contribution is 2.29. The molecule has 0 radical (unpaired) electrons. The molecule has 1 aliphatic carbocycles. The van der Waals surface area contributed by atoms with Gasteiger partial charge in [-0.25, -0.2) is 0 Å². The number of nitrogens with one attached hydrogen (secondary N) is 1. The van der Waals surface area contributed by atoms with Crippen molar-refractivity contribution < 1.29 is 4.92 Å². The number of nitro groups is 1. The van der Waals surface area contributed by atoms with Gasteiger partial charge in [0.2, 0.25) is 0 Å². The third-order valence-corrected chi connectivity index (χ3v) is 3.79. The first-order chi connectivity index (χ1) is 9.11.